The number of aromatic nitrogens is 1. The average Bonchev–Trinajstić information content (AvgIpc) is 2.33. The van der Waals surface area contributed by atoms with Gasteiger partial charge in [-0.05, 0) is 53.6 Å². The van der Waals surface area contributed by atoms with Crippen molar-refractivity contribution in [3.63, 3.8) is 0 Å². The number of benzene rings is 1. The van der Waals surface area contributed by atoms with Crippen LogP contribution >= 0.6 is 22.6 Å². The Bertz CT molecular complexity index is 522. The maximum atomic E-state index is 10.3. The molecular weight excluding hydrogens is 325 g/mol. The molecule has 0 aliphatic rings. The number of rotatable bonds is 2. The number of hydrogen-bond acceptors (Lipinski definition) is 2. The molecule has 1 N–H and O–H groups in total. The van der Waals surface area contributed by atoms with Crippen molar-refractivity contribution in [2.75, 3.05) is 0 Å². The van der Waals surface area contributed by atoms with E-state index in [4.69, 9.17) is 0 Å². The van der Waals surface area contributed by atoms with Crippen molar-refractivity contribution >= 4 is 22.6 Å². The molecule has 1 unspecified atom stereocenters. The Labute approximate surface area is 115 Å². The first kappa shape index (κ1) is 12.5. The zero-order chi connectivity index (χ0) is 12.4. The van der Waals surface area contributed by atoms with Gasteiger partial charge >= 0.3 is 0 Å². The lowest BCUT2D eigenvalue weighted by atomic mass is 10.0. The van der Waals surface area contributed by atoms with Crippen molar-refractivity contribution in [1.82, 2.24) is 4.98 Å². The lowest BCUT2D eigenvalue weighted by molar-refractivity contribution is 0.219. The van der Waals surface area contributed by atoms with E-state index in [1.807, 2.05) is 44.2 Å². The number of hydrogen-bond donors (Lipinski definition) is 1. The monoisotopic (exact) mass is 339 g/mol. The molecule has 2 nitrogen and oxygen atoms in total. The van der Waals surface area contributed by atoms with Gasteiger partial charge in [-0.3, -0.25) is 4.98 Å². The molecular formula is C14H14INO. The van der Waals surface area contributed by atoms with Gasteiger partial charge in [0.2, 0.25) is 0 Å². The summed E-state index contributed by atoms with van der Waals surface area (Å²) in [5, 5.41) is 10.3. The molecule has 88 valence electrons. The van der Waals surface area contributed by atoms with Gasteiger partial charge in [0.1, 0.15) is 6.10 Å². The predicted molar refractivity (Wildman–Crippen MR) is 76.9 cm³/mol. The van der Waals surface area contributed by atoms with Gasteiger partial charge in [-0.25, -0.2) is 0 Å². The Kier molecular flexibility index (Phi) is 3.79. The minimum absolute atomic E-state index is 0.602. The average molecular weight is 339 g/mol. The van der Waals surface area contributed by atoms with E-state index in [9.17, 15) is 5.11 Å². The van der Waals surface area contributed by atoms with Crippen LogP contribution in [0, 0.1) is 17.4 Å². The summed E-state index contributed by atoms with van der Waals surface area (Å²) in [6, 6.07) is 9.81. The van der Waals surface area contributed by atoms with Crippen molar-refractivity contribution < 1.29 is 5.11 Å². The third kappa shape index (κ3) is 2.66. The van der Waals surface area contributed by atoms with E-state index >= 15 is 0 Å². The largest absolute Gasteiger partial charge is 0.384 e. The second kappa shape index (κ2) is 5.14. The van der Waals surface area contributed by atoms with Crippen molar-refractivity contribution in [2.45, 2.75) is 20.0 Å². The van der Waals surface area contributed by atoms with Gasteiger partial charge in [0.25, 0.3) is 0 Å². The van der Waals surface area contributed by atoms with Crippen molar-refractivity contribution in [1.29, 1.82) is 0 Å². The van der Waals surface area contributed by atoms with Gasteiger partial charge in [0.05, 0.1) is 0 Å². The molecule has 3 heteroatoms. The Morgan fingerprint density at radius 2 is 1.94 bits per heavy atom. The minimum Gasteiger partial charge on any atom is -0.384 e. The summed E-state index contributed by atoms with van der Waals surface area (Å²) in [7, 11) is 0. The van der Waals surface area contributed by atoms with Crippen LogP contribution in [0.15, 0.2) is 36.5 Å². The number of aliphatic hydroxyl groups excluding tert-OH is 1. The van der Waals surface area contributed by atoms with E-state index in [-0.39, 0.29) is 0 Å². The molecule has 0 radical (unpaired) electrons. The van der Waals surface area contributed by atoms with Crippen molar-refractivity contribution in [2.24, 2.45) is 0 Å². The molecule has 0 spiro atoms. The van der Waals surface area contributed by atoms with Crippen LogP contribution in [0.1, 0.15) is 28.5 Å². The van der Waals surface area contributed by atoms with Crippen LogP contribution in [-0.4, -0.2) is 10.1 Å². The fourth-order valence-electron chi connectivity index (χ4n) is 1.70. The normalized spacial score (nSPS) is 12.5. The smallest absolute Gasteiger partial charge is 0.107 e. The maximum absolute atomic E-state index is 10.3. The maximum Gasteiger partial charge on any atom is 0.107 e. The Hall–Kier alpha value is -0.940. The summed E-state index contributed by atoms with van der Waals surface area (Å²) in [6.07, 6.45) is 1.13. The van der Waals surface area contributed by atoms with E-state index in [0.717, 1.165) is 20.4 Å². The SMILES string of the molecule is Cc1ccc(C(O)c2cccc(C)c2I)cn1. The topological polar surface area (TPSA) is 33.1 Å². The second-order valence-corrected chi connectivity index (χ2v) is 5.19. The van der Waals surface area contributed by atoms with E-state index in [0.29, 0.717) is 0 Å². The van der Waals surface area contributed by atoms with Crippen LogP contribution in [0.25, 0.3) is 0 Å². The highest BCUT2D eigenvalue weighted by Crippen LogP contribution is 2.27. The van der Waals surface area contributed by atoms with E-state index in [2.05, 4.69) is 27.6 Å². The number of pyridine rings is 1. The standard InChI is InChI=1S/C14H14INO/c1-9-4-3-5-12(13(9)15)14(17)11-7-6-10(2)16-8-11/h3-8,14,17H,1-2H3. The van der Waals surface area contributed by atoms with E-state index in [1.165, 1.54) is 5.56 Å². The molecule has 2 aromatic rings. The van der Waals surface area contributed by atoms with Crippen LogP contribution < -0.4 is 0 Å². The molecule has 1 aromatic heterocycles. The second-order valence-electron chi connectivity index (χ2n) is 4.11. The quantitative estimate of drug-likeness (QED) is 0.851. The molecule has 2 rings (SSSR count). The highest BCUT2D eigenvalue weighted by Gasteiger charge is 2.14. The first-order chi connectivity index (χ1) is 8.09. The molecule has 0 aliphatic carbocycles. The number of nitrogens with zero attached hydrogens (tertiary/aromatic N) is 1. The first-order valence-corrected chi connectivity index (χ1v) is 6.53. The molecule has 0 aliphatic heterocycles. The number of halogens is 1. The molecule has 1 heterocycles. The van der Waals surface area contributed by atoms with Crippen LogP contribution in [0.2, 0.25) is 0 Å². The fraction of sp³-hybridized carbons (Fsp3) is 0.214. The summed E-state index contributed by atoms with van der Waals surface area (Å²) in [5.74, 6) is 0. The molecule has 0 bridgehead atoms. The van der Waals surface area contributed by atoms with Crippen molar-refractivity contribution in [3.8, 4) is 0 Å². The van der Waals surface area contributed by atoms with Gasteiger partial charge in [0, 0.05) is 21.0 Å². The predicted octanol–water partition coefficient (Wildman–Crippen LogP) is 3.38. The summed E-state index contributed by atoms with van der Waals surface area (Å²) >= 11 is 2.27. The summed E-state index contributed by atoms with van der Waals surface area (Å²) < 4.78 is 1.11. The van der Waals surface area contributed by atoms with Gasteiger partial charge in [0.15, 0.2) is 0 Å². The lowest BCUT2D eigenvalue weighted by Crippen LogP contribution is -2.03. The fourth-order valence-corrected chi connectivity index (χ4v) is 2.36. The van der Waals surface area contributed by atoms with E-state index < -0.39 is 6.10 Å². The Morgan fingerprint density at radius 3 is 2.59 bits per heavy atom. The highest BCUT2D eigenvalue weighted by atomic mass is 127. The van der Waals surface area contributed by atoms with Gasteiger partial charge in [-0.2, -0.15) is 0 Å². The summed E-state index contributed by atoms with van der Waals surface area (Å²) in [4.78, 5) is 4.22. The first-order valence-electron chi connectivity index (χ1n) is 5.45. The highest BCUT2D eigenvalue weighted by molar-refractivity contribution is 14.1. The number of aryl methyl sites for hydroxylation is 2. The lowest BCUT2D eigenvalue weighted by Gasteiger charge is -2.14. The van der Waals surface area contributed by atoms with Crippen LogP contribution in [0.3, 0.4) is 0 Å². The third-order valence-electron chi connectivity index (χ3n) is 2.77. The van der Waals surface area contributed by atoms with Crippen LogP contribution in [-0.2, 0) is 0 Å². The molecule has 0 saturated heterocycles. The Balaban J connectivity index is 2.40. The minimum atomic E-state index is -0.602. The molecule has 0 amide bonds. The van der Waals surface area contributed by atoms with Gasteiger partial charge in [-0.1, -0.05) is 24.3 Å². The Morgan fingerprint density at radius 1 is 1.18 bits per heavy atom. The summed E-state index contributed by atoms with van der Waals surface area (Å²) in [6.45, 7) is 3.98. The van der Waals surface area contributed by atoms with Gasteiger partial charge in [-0.15, -0.1) is 0 Å². The zero-order valence-electron chi connectivity index (χ0n) is 9.81. The summed E-state index contributed by atoms with van der Waals surface area (Å²) in [5.41, 5.74) is 3.91. The van der Waals surface area contributed by atoms with Crippen LogP contribution in [0.5, 0.6) is 0 Å². The molecule has 0 saturated carbocycles. The van der Waals surface area contributed by atoms with Gasteiger partial charge < -0.3 is 5.11 Å². The molecule has 1 atom stereocenters. The molecule has 1 aromatic carbocycles. The zero-order valence-corrected chi connectivity index (χ0v) is 12.0. The molecule has 17 heavy (non-hydrogen) atoms. The third-order valence-corrected chi connectivity index (χ3v) is 4.24. The van der Waals surface area contributed by atoms with Crippen LogP contribution in [0.4, 0.5) is 0 Å². The number of aliphatic hydroxyl groups is 1. The van der Waals surface area contributed by atoms with Crippen molar-refractivity contribution in [3.05, 3.63) is 62.5 Å². The van der Waals surface area contributed by atoms with E-state index in [1.54, 1.807) is 6.20 Å². The molecule has 0 fully saturated rings.